The number of hydrogen-bond acceptors (Lipinski definition) is 1. The van der Waals surface area contributed by atoms with Crippen molar-refractivity contribution in [3.8, 4) is 0 Å². The quantitative estimate of drug-likeness (QED) is 0.808. The third-order valence-corrected chi connectivity index (χ3v) is 2.72. The SMILES string of the molecule is Cc1cn(CCN)c2c(Cl)cccc12. The van der Waals surface area contributed by atoms with Crippen LogP contribution >= 0.6 is 11.6 Å². The summed E-state index contributed by atoms with van der Waals surface area (Å²) in [6, 6.07) is 5.98. The van der Waals surface area contributed by atoms with E-state index in [1.807, 2.05) is 12.1 Å². The van der Waals surface area contributed by atoms with Gasteiger partial charge in [-0.2, -0.15) is 0 Å². The van der Waals surface area contributed by atoms with Gasteiger partial charge in [-0.3, -0.25) is 0 Å². The topological polar surface area (TPSA) is 30.9 Å². The summed E-state index contributed by atoms with van der Waals surface area (Å²) in [6.45, 7) is 3.54. The fourth-order valence-corrected chi connectivity index (χ4v) is 2.09. The molecular weight excluding hydrogens is 196 g/mol. The van der Waals surface area contributed by atoms with Crippen molar-refractivity contribution in [2.75, 3.05) is 6.54 Å². The van der Waals surface area contributed by atoms with Gasteiger partial charge in [0.2, 0.25) is 0 Å². The molecule has 0 aliphatic heterocycles. The molecule has 2 aromatic rings. The lowest BCUT2D eigenvalue weighted by atomic mass is 10.2. The molecule has 0 aliphatic rings. The van der Waals surface area contributed by atoms with E-state index in [2.05, 4.69) is 23.8 Å². The molecule has 0 atom stereocenters. The maximum absolute atomic E-state index is 6.15. The summed E-state index contributed by atoms with van der Waals surface area (Å²) in [5, 5.41) is 2.01. The zero-order valence-electron chi connectivity index (χ0n) is 8.13. The summed E-state index contributed by atoms with van der Waals surface area (Å²) in [6.07, 6.45) is 2.10. The zero-order valence-corrected chi connectivity index (χ0v) is 8.88. The summed E-state index contributed by atoms with van der Waals surface area (Å²) in [7, 11) is 0. The Hall–Kier alpha value is -0.990. The van der Waals surface area contributed by atoms with Crippen molar-refractivity contribution in [2.24, 2.45) is 5.73 Å². The van der Waals surface area contributed by atoms with Crippen LogP contribution in [-0.4, -0.2) is 11.1 Å². The summed E-state index contributed by atoms with van der Waals surface area (Å²) < 4.78 is 2.12. The maximum atomic E-state index is 6.15. The van der Waals surface area contributed by atoms with Crippen LogP contribution in [0.2, 0.25) is 5.02 Å². The molecule has 2 N–H and O–H groups in total. The van der Waals surface area contributed by atoms with Crippen LogP contribution in [0.3, 0.4) is 0 Å². The van der Waals surface area contributed by atoms with Crippen molar-refractivity contribution in [3.05, 3.63) is 35.0 Å². The van der Waals surface area contributed by atoms with Crippen molar-refractivity contribution in [2.45, 2.75) is 13.5 Å². The Balaban J connectivity index is 2.72. The first-order valence-corrected chi connectivity index (χ1v) is 5.06. The molecule has 0 radical (unpaired) electrons. The van der Waals surface area contributed by atoms with E-state index in [1.165, 1.54) is 10.9 Å². The Morgan fingerprint density at radius 3 is 2.93 bits per heavy atom. The van der Waals surface area contributed by atoms with Crippen LogP contribution in [0.5, 0.6) is 0 Å². The number of aryl methyl sites for hydroxylation is 1. The summed E-state index contributed by atoms with van der Waals surface area (Å²) in [4.78, 5) is 0. The standard InChI is InChI=1S/C11H13ClN2/c1-8-7-14(6-5-13)11-9(8)3-2-4-10(11)12/h2-4,7H,5-6,13H2,1H3. The van der Waals surface area contributed by atoms with E-state index in [4.69, 9.17) is 17.3 Å². The van der Waals surface area contributed by atoms with E-state index < -0.39 is 0 Å². The lowest BCUT2D eigenvalue weighted by molar-refractivity contribution is 0.734. The number of para-hydroxylation sites is 1. The van der Waals surface area contributed by atoms with Gasteiger partial charge in [0.1, 0.15) is 0 Å². The fourth-order valence-electron chi connectivity index (χ4n) is 1.81. The van der Waals surface area contributed by atoms with Gasteiger partial charge < -0.3 is 10.3 Å². The van der Waals surface area contributed by atoms with Gasteiger partial charge >= 0.3 is 0 Å². The highest BCUT2D eigenvalue weighted by Gasteiger charge is 2.07. The Bertz CT molecular complexity index is 460. The van der Waals surface area contributed by atoms with Gasteiger partial charge in [0, 0.05) is 24.7 Å². The van der Waals surface area contributed by atoms with Crippen LogP contribution in [0.25, 0.3) is 10.9 Å². The van der Waals surface area contributed by atoms with E-state index in [-0.39, 0.29) is 0 Å². The number of halogens is 1. The lowest BCUT2D eigenvalue weighted by Gasteiger charge is -2.03. The van der Waals surface area contributed by atoms with Crippen LogP contribution in [0.1, 0.15) is 5.56 Å². The van der Waals surface area contributed by atoms with Crippen LogP contribution in [0, 0.1) is 6.92 Å². The smallest absolute Gasteiger partial charge is 0.0672 e. The van der Waals surface area contributed by atoms with E-state index in [9.17, 15) is 0 Å². The fraction of sp³-hybridized carbons (Fsp3) is 0.273. The van der Waals surface area contributed by atoms with Crippen LogP contribution in [0.4, 0.5) is 0 Å². The average Bonchev–Trinajstić information content (AvgIpc) is 2.46. The van der Waals surface area contributed by atoms with Crippen molar-refractivity contribution in [1.82, 2.24) is 4.57 Å². The van der Waals surface area contributed by atoms with Gasteiger partial charge in [-0.1, -0.05) is 23.7 Å². The average molecular weight is 209 g/mol. The zero-order chi connectivity index (χ0) is 10.1. The van der Waals surface area contributed by atoms with Crippen LogP contribution < -0.4 is 5.73 Å². The molecule has 14 heavy (non-hydrogen) atoms. The molecular formula is C11H13ClN2. The Kier molecular flexibility index (Phi) is 2.48. The second-order valence-electron chi connectivity index (χ2n) is 3.43. The molecule has 0 saturated heterocycles. The van der Waals surface area contributed by atoms with Crippen molar-refractivity contribution in [1.29, 1.82) is 0 Å². The molecule has 0 spiro atoms. The molecule has 0 amide bonds. The number of hydrogen-bond donors (Lipinski definition) is 1. The minimum atomic E-state index is 0.633. The number of benzene rings is 1. The number of aromatic nitrogens is 1. The molecule has 0 unspecified atom stereocenters. The van der Waals surface area contributed by atoms with E-state index in [0.717, 1.165) is 17.1 Å². The number of fused-ring (bicyclic) bond motifs is 1. The van der Waals surface area contributed by atoms with Crippen molar-refractivity contribution in [3.63, 3.8) is 0 Å². The van der Waals surface area contributed by atoms with E-state index >= 15 is 0 Å². The first-order valence-electron chi connectivity index (χ1n) is 4.68. The molecule has 0 aliphatic carbocycles. The minimum Gasteiger partial charge on any atom is -0.345 e. The molecule has 2 nitrogen and oxygen atoms in total. The Morgan fingerprint density at radius 2 is 2.21 bits per heavy atom. The number of nitrogens with two attached hydrogens (primary N) is 1. The highest BCUT2D eigenvalue weighted by Crippen LogP contribution is 2.27. The first kappa shape index (κ1) is 9.56. The van der Waals surface area contributed by atoms with Gasteiger partial charge in [0.15, 0.2) is 0 Å². The Labute approximate surface area is 88.3 Å². The summed E-state index contributed by atoms with van der Waals surface area (Å²) in [5.41, 5.74) is 7.89. The van der Waals surface area contributed by atoms with Gasteiger partial charge in [-0.15, -0.1) is 0 Å². The van der Waals surface area contributed by atoms with Crippen molar-refractivity contribution < 1.29 is 0 Å². The van der Waals surface area contributed by atoms with Gasteiger partial charge in [-0.05, 0) is 18.6 Å². The first-order chi connectivity index (χ1) is 6.74. The highest BCUT2D eigenvalue weighted by atomic mass is 35.5. The molecule has 1 aromatic heterocycles. The monoisotopic (exact) mass is 208 g/mol. The largest absolute Gasteiger partial charge is 0.345 e. The molecule has 2 rings (SSSR count). The van der Waals surface area contributed by atoms with Gasteiger partial charge in [0.05, 0.1) is 10.5 Å². The second-order valence-corrected chi connectivity index (χ2v) is 3.84. The molecule has 0 saturated carbocycles. The number of rotatable bonds is 2. The molecule has 1 heterocycles. The van der Waals surface area contributed by atoms with Crippen LogP contribution in [0.15, 0.2) is 24.4 Å². The molecule has 0 fully saturated rings. The Morgan fingerprint density at radius 1 is 1.43 bits per heavy atom. The number of nitrogens with zero attached hydrogens (tertiary/aromatic N) is 1. The second kappa shape index (κ2) is 3.64. The minimum absolute atomic E-state index is 0.633. The van der Waals surface area contributed by atoms with Crippen LogP contribution in [-0.2, 0) is 6.54 Å². The third-order valence-electron chi connectivity index (χ3n) is 2.42. The summed E-state index contributed by atoms with van der Waals surface area (Å²) in [5.74, 6) is 0. The molecule has 3 heteroatoms. The molecule has 74 valence electrons. The molecule has 1 aromatic carbocycles. The van der Waals surface area contributed by atoms with Gasteiger partial charge in [-0.25, -0.2) is 0 Å². The lowest BCUT2D eigenvalue weighted by Crippen LogP contribution is -2.08. The van der Waals surface area contributed by atoms with E-state index in [0.29, 0.717) is 6.54 Å². The predicted molar refractivity (Wildman–Crippen MR) is 60.7 cm³/mol. The summed E-state index contributed by atoms with van der Waals surface area (Å²) >= 11 is 6.15. The third kappa shape index (κ3) is 1.41. The maximum Gasteiger partial charge on any atom is 0.0672 e. The van der Waals surface area contributed by atoms with Crippen molar-refractivity contribution >= 4 is 22.5 Å². The highest BCUT2D eigenvalue weighted by molar-refractivity contribution is 6.35. The predicted octanol–water partition coefficient (Wildman–Crippen LogP) is 2.56. The van der Waals surface area contributed by atoms with Gasteiger partial charge in [0.25, 0.3) is 0 Å². The molecule has 0 bridgehead atoms. The normalized spacial score (nSPS) is 11.1. The van der Waals surface area contributed by atoms with E-state index in [1.54, 1.807) is 0 Å².